The summed E-state index contributed by atoms with van der Waals surface area (Å²) < 4.78 is 0. The van der Waals surface area contributed by atoms with Gasteiger partial charge in [-0.05, 0) is 42.5 Å². The number of nitrogens with zero attached hydrogens (tertiary/aromatic N) is 3. The molecule has 166 valence electrons. The minimum absolute atomic E-state index is 0.0945. The molecule has 3 heterocycles. The summed E-state index contributed by atoms with van der Waals surface area (Å²) in [7, 11) is 0. The lowest BCUT2D eigenvalue weighted by Gasteiger charge is -2.43. The molecule has 2 unspecified atom stereocenters. The maximum atomic E-state index is 13.8. The van der Waals surface area contributed by atoms with Crippen molar-refractivity contribution in [2.45, 2.75) is 31.6 Å². The first kappa shape index (κ1) is 20.6. The summed E-state index contributed by atoms with van der Waals surface area (Å²) in [5.41, 5.74) is 12.2. The molecule has 2 aliphatic heterocycles. The summed E-state index contributed by atoms with van der Waals surface area (Å²) in [6.45, 7) is 2.03. The summed E-state index contributed by atoms with van der Waals surface area (Å²) in [5, 5.41) is 12.4. The van der Waals surface area contributed by atoms with E-state index in [2.05, 4.69) is 17.5 Å². The molecule has 5 nitrogen and oxygen atoms in total. The Morgan fingerprint density at radius 1 is 1.09 bits per heavy atom. The normalized spacial score (nSPS) is 21.5. The second-order valence-electron chi connectivity index (χ2n) is 8.95. The van der Waals surface area contributed by atoms with Gasteiger partial charge in [-0.25, -0.2) is 4.99 Å². The molecular weight excluding hydrogens is 440 g/mol. The molecule has 2 aromatic carbocycles. The van der Waals surface area contributed by atoms with Crippen LogP contribution in [0.4, 0.5) is 5.69 Å². The summed E-state index contributed by atoms with van der Waals surface area (Å²) >= 11 is 1.68. The van der Waals surface area contributed by atoms with Crippen molar-refractivity contribution in [1.29, 1.82) is 5.26 Å². The second kappa shape index (κ2) is 7.82. The number of nitrogens with two attached hydrogens (primary N) is 1. The number of ketones is 1. The van der Waals surface area contributed by atoms with Crippen LogP contribution in [0, 0.1) is 18.3 Å². The number of aryl methyl sites for hydroxylation is 1. The van der Waals surface area contributed by atoms with Crippen molar-refractivity contribution in [3.63, 3.8) is 0 Å². The Hall–Kier alpha value is -3.95. The molecule has 6 heteroatoms. The number of amidine groups is 1. The molecule has 0 spiro atoms. The quantitative estimate of drug-likeness (QED) is 0.544. The fraction of sp³-hybridized carbons (Fsp3) is 0.179. The Labute approximate surface area is 202 Å². The highest BCUT2D eigenvalue weighted by Gasteiger charge is 2.45. The Balaban J connectivity index is 1.62. The summed E-state index contributed by atoms with van der Waals surface area (Å²) in [6, 6.07) is 22.4. The number of benzene rings is 2. The molecule has 0 saturated carbocycles. The van der Waals surface area contributed by atoms with Gasteiger partial charge in [0.15, 0.2) is 11.6 Å². The van der Waals surface area contributed by atoms with Crippen molar-refractivity contribution in [2.24, 2.45) is 10.7 Å². The van der Waals surface area contributed by atoms with Gasteiger partial charge in [0.2, 0.25) is 0 Å². The number of rotatable bonds is 2. The van der Waals surface area contributed by atoms with Crippen LogP contribution < -0.4 is 10.6 Å². The van der Waals surface area contributed by atoms with E-state index < -0.39 is 5.92 Å². The van der Waals surface area contributed by atoms with Crippen molar-refractivity contribution in [3.8, 4) is 6.07 Å². The zero-order chi connectivity index (χ0) is 23.4. The van der Waals surface area contributed by atoms with Crippen molar-refractivity contribution in [2.75, 3.05) is 4.90 Å². The van der Waals surface area contributed by atoms with E-state index in [9.17, 15) is 10.1 Å². The number of carbonyl (C=O) groups is 1. The Kier molecular flexibility index (Phi) is 4.75. The van der Waals surface area contributed by atoms with Gasteiger partial charge >= 0.3 is 0 Å². The van der Waals surface area contributed by atoms with Gasteiger partial charge in [-0.3, -0.25) is 9.69 Å². The Morgan fingerprint density at radius 3 is 2.62 bits per heavy atom. The minimum Gasteiger partial charge on any atom is -0.383 e. The number of anilines is 1. The van der Waals surface area contributed by atoms with Gasteiger partial charge in [0.05, 0.1) is 23.2 Å². The maximum Gasteiger partial charge on any atom is 0.162 e. The van der Waals surface area contributed by atoms with E-state index in [1.54, 1.807) is 11.3 Å². The zero-order valence-electron chi connectivity index (χ0n) is 18.7. The van der Waals surface area contributed by atoms with E-state index in [0.29, 0.717) is 35.6 Å². The van der Waals surface area contributed by atoms with Crippen LogP contribution >= 0.6 is 11.3 Å². The number of allylic oxidation sites excluding steroid dienone is 3. The van der Waals surface area contributed by atoms with E-state index in [4.69, 9.17) is 10.7 Å². The van der Waals surface area contributed by atoms with Crippen molar-refractivity contribution >= 4 is 28.6 Å². The lowest BCUT2D eigenvalue weighted by molar-refractivity contribution is -0.116. The van der Waals surface area contributed by atoms with Gasteiger partial charge < -0.3 is 5.73 Å². The van der Waals surface area contributed by atoms with Crippen LogP contribution in [0.15, 0.2) is 93.7 Å². The van der Waals surface area contributed by atoms with Crippen LogP contribution in [-0.4, -0.2) is 11.6 Å². The average Bonchev–Trinajstić information content (AvgIpc) is 3.39. The molecule has 0 saturated heterocycles. The minimum atomic E-state index is -0.453. The topological polar surface area (TPSA) is 82.5 Å². The molecule has 1 aromatic heterocycles. The number of thiophene rings is 1. The van der Waals surface area contributed by atoms with E-state index in [1.807, 2.05) is 66.4 Å². The fourth-order valence-electron chi connectivity index (χ4n) is 5.33. The smallest absolute Gasteiger partial charge is 0.162 e. The molecule has 0 radical (unpaired) electrons. The maximum absolute atomic E-state index is 13.8. The lowest BCUT2D eigenvalue weighted by Crippen LogP contribution is -2.40. The second-order valence-corrected chi connectivity index (χ2v) is 9.93. The summed E-state index contributed by atoms with van der Waals surface area (Å²) in [5.74, 6) is 0.661. The molecule has 2 N–H and O–H groups in total. The first-order valence-electron chi connectivity index (χ1n) is 11.3. The first-order chi connectivity index (χ1) is 16.6. The third-order valence-electron chi connectivity index (χ3n) is 6.91. The van der Waals surface area contributed by atoms with Crippen LogP contribution in [0.5, 0.6) is 0 Å². The number of para-hydroxylation sites is 1. The molecule has 6 rings (SSSR count). The molecule has 1 aliphatic carbocycles. The van der Waals surface area contributed by atoms with Gasteiger partial charge in [0.1, 0.15) is 5.84 Å². The molecular formula is C28H22N4OS. The number of hydrogen-bond acceptors (Lipinski definition) is 6. The third-order valence-corrected chi connectivity index (χ3v) is 7.94. The van der Waals surface area contributed by atoms with Gasteiger partial charge in [-0.15, -0.1) is 11.3 Å². The number of carbonyl (C=O) groups excluding carboxylic acids is 1. The number of aliphatic imine (C=N–C) groups is 1. The highest BCUT2D eigenvalue weighted by atomic mass is 32.1. The summed E-state index contributed by atoms with van der Waals surface area (Å²) in [6.07, 6.45) is 1.15. The number of nitriles is 1. The molecule has 0 amide bonds. The SMILES string of the molecule is Cc1ccc(C2C(C#N)=C3N=C(N)c4ccccc4N3C3=C2C(=O)CC(c2cccs2)C3)cc1. The molecule has 0 bridgehead atoms. The van der Waals surface area contributed by atoms with Gasteiger partial charge in [-0.2, -0.15) is 5.26 Å². The monoisotopic (exact) mass is 462 g/mol. The molecule has 2 atom stereocenters. The molecule has 0 fully saturated rings. The van der Waals surface area contributed by atoms with Crippen LogP contribution in [0.25, 0.3) is 0 Å². The first-order valence-corrected chi connectivity index (χ1v) is 12.2. The number of fused-ring (bicyclic) bond motifs is 4. The van der Waals surface area contributed by atoms with E-state index in [1.165, 1.54) is 4.88 Å². The fourth-order valence-corrected chi connectivity index (χ4v) is 6.16. The highest BCUT2D eigenvalue weighted by molar-refractivity contribution is 7.10. The predicted octanol–water partition coefficient (Wildman–Crippen LogP) is 5.52. The van der Waals surface area contributed by atoms with Crippen LogP contribution in [0.2, 0.25) is 0 Å². The van der Waals surface area contributed by atoms with Crippen LogP contribution in [0.3, 0.4) is 0 Å². The molecule has 3 aromatic rings. The van der Waals surface area contributed by atoms with E-state index in [-0.39, 0.29) is 11.7 Å². The zero-order valence-corrected chi connectivity index (χ0v) is 19.5. The predicted molar refractivity (Wildman–Crippen MR) is 135 cm³/mol. The standard InChI is InChI=1S/C28H22N4OS/c1-16-8-10-17(11-9-16)25-20(15-29)28-31-27(30)19-5-2-3-6-21(19)32(28)22-13-18(14-23(33)26(22)25)24-7-4-12-34-24/h2-12,18,25H,13-14H2,1H3,(H2,30,31). The third kappa shape index (κ3) is 3.05. The van der Waals surface area contributed by atoms with Crippen molar-refractivity contribution in [1.82, 2.24) is 0 Å². The average molecular weight is 463 g/mol. The van der Waals surface area contributed by atoms with E-state index >= 15 is 0 Å². The van der Waals surface area contributed by atoms with Gasteiger partial charge in [0, 0.05) is 34.0 Å². The Bertz CT molecular complexity index is 1450. The molecule has 3 aliphatic rings. The van der Waals surface area contributed by atoms with Crippen LogP contribution in [-0.2, 0) is 4.79 Å². The number of hydrogen-bond donors (Lipinski definition) is 1. The largest absolute Gasteiger partial charge is 0.383 e. The lowest BCUT2D eigenvalue weighted by atomic mass is 9.72. The number of Topliss-reactive ketones (excluding diaryl/α,β-unsaturated/α-hetero) is 1. The molecule has 34 heavy (non-hydrogen) atoms. The van der Waals surface area contributed by atoms with Crippen molar-refractivity contribution in [3.05, 3.63) is 110 Å². The van der Waals surface area contributed by atoms with Crippen molar-refractivity contribution < 1.29 is 4.79 Å². The highest BCUT2D eigenvalue weighted by Crippen LogP contribution is 2.52. The van der Waals surface area contributed by atoms with Gasteiger partial charge in [-0.1, -0.05) is 48.0 Å². The van der Waals surface area contributed by atoms with E-state index in [0.717, 1.165) is 28.1 Å². The Morgan fingerprint density at radius 2 is 1.88 bits per heavy atom. The summed E-state index contributed by atoms with van der Waals surface area (Å²) in [4.78, 5) is 21.8. The van der Waals surface area contributed by atoms with Crippen LogP contribution in [0.1, 0.15) is 46.2 Å². The van der Waals surface area contributed by atoms with Gasteiger partial charge in [0.25, 0.3) is 0 Å².